The van der Waals surface area contributed by atoms with Crippen molar-refractivity contribution in [3.63, 3.8) is 0 Å². The lowest BCUT2D eigenvalue weighted by Crippen LogP contribution is -2.47. The van der Waals surface area contributed by atoms with Gasteiger partial charge < -0.3 is 14.8 Å². The quantitative estimate of drug-likeness (QED) is 0.498. The molecule has 0 spiro atoms. The van der Waals surface area contributed by atoms with Gasteiger partial charge in [-0.1, -0.05) is 13.0 Å². The number of nitrogens with one attached hydrogen (secondary N) is 2. The number of nitrogens with two attached hydrogens (primary N) is 1. The van der Waals surface area contributed by atoms with Crippen molar-refractivity contribution in [3.8, 4) is 5.75 Å². The van der Waals surface area contributed by atoms with Crippen LogP contribution in [0.2, 0.25) is 0 Å². The number of anilines is 2. The molecular weight excluding hydrogens is 503 g/mol. The first-order valence-electron chi connectivity index (χ1n) is 9.93. The molecule has 1 aromatic carbocycles. The number of nitrogens with zero attached hydrogens (tertiary/aromatic N) is 1. The Morgan fingerprint density at radius 1 is 1.26 bits per heavy atom. The van der Waals surface area contributed by atoms with Crippen LogP contribution in [0.4, 0.5) is 33.5 Å². The summed E-state index contributed by atoms with van der Waals surface area (Å²) in [6.45, 7) is 1.93. The van der Waals surface area contributed by atoms with Gasteiger partial charge in [-0.15, -0.1) is 0 Å². The lowest BCUT2D eigenvalue weighted by molar-refractivity contribution is -0.272. The number of hydrogen-bond acceptors (Lipinski definition) is 6. The molecule has 3 rings (SSSR count). The molecule has 15 heteroatoms. The van der Waals surface area contributed by atoms with Gasteiger partial charge in [-0.05, 0) is 19.1 Å². The maximum Gasteiger partial charge on any atom is 0.417 e. The lowest BCUT2D eigenvalue weighted by atomic mass is 9.77. The molecule has 192 valence electrons. The highest BCUT2D eigenvalue weighted by Crippen LogP contribution is 2.55. The molecular formula is C20H21F5N4O5S. The van der Waals surface area contributed by atoms with Crippen molar-refractivity contribution in [3.05, 3.63) is 47.7 Å². The maximum absolute atomic E-state index is 14.4. The first kappa shape index (κ1) is 26.6. The Balaban J connectivity index is 2.04. The summed E-state index contributed by atoms with van der Waals surface area (Å²) in [6, 6.07) is 4.05. The summed E-state index contributed by atoms with van der Waals surface area (Å²) < 4.78 is 105. The summed E-state index contributed by atoms with van der Waals surface area (Å²) in [7, 11) is -3.18. The molecule has 0 bridgehead atoms. The van der Waals surface area contributed by atoms with E-state index in [4.69, 9.17) is 14.6 Å². The zero-order valence-corrected chi connectivity index (χ0v) is 19.3. The van der Waals surface area contributed by atoms with Crippen molar-refractivity contribution in [2.75, 3.05) is 17.1 Å². The number of amides is 1. The number of rotatable bonds is 6. The van der Waals surface area contributed by atoms with Gasteiger partial charge in [0.25, 0.3) is 16.1 Å². The fraction of sp³-hybridized carbons (Fsp3) is 0.400. The second-order valence-electron chi connectivity index (χ2n) is 8.01. The predicted octanol–water partition coefficient (Wildman–Crippen LogP) is 3.06. The van der Waals surface area contributed by atoms with Gasteiger partial charge in [0.2, 0.25) is 5.82 Å². The Labute approximate surface area is 197 Å². The van der Waals surface area contributed by atoms with Gasteiger partial charge in [0.15, 0.2) is 17.2 Å². The normalized spacial score (nSPS) is 24.8. The molecule has 0 saturated carbocycles. The van der Waals surface area contributed by atoms with Gasteiger partial charge in [-0.3, -0.25) is 9.52 Å². The smallest absolute Gasteiger partial charge is 0.417 e. The van der Waals surface area contributed by atoms with Crippen LogP contribution in [0.3, 0.4) is 0 Å². The first-order valence-corrected chi connectivity index (χ1v) is 11.5. The van der Waals surface area contributed by atoms with Gasteiger partial charge >= 0.3 is 6.18 Å². The van der Waals surface area contributed by atoms with E-state index in [0.717, 1.165) is 32.4 Å². The second-order valence-corrected chi connectivity index (χ2v) is 9.30. The zero-order chi connectivity index (χ0) is 26.3. The molecule has 1 aromatic heterocycles. The van der Waals surface area contributed by atoms with Crippen LogP contribution < -0.4 is 19.9 Å². The van der Waals surface area contributed by atoms with Crippen LogP contribution in [0, 0.1) is 17.6 Å². The molecule has 1 aliphatic rings. The van der Waals surface area contributed by atoms with Crippen molar-refractivity contribution >= 4 is 27.6 Å². The number of alkyl halides is 3. The van der Waals surface area contributed by atoms with Gasteiger partial charge in [0.1, 0.15) is 11.9 Å². The number of aromatic nitrogens is 1. The molecule has 35 heavy (non-hydrogen) atoms. The summed E-state index contributed by atoms with van der Waals surface area (Å²) in [5.74, 6) is -7.55. The summed E-state index contributed by atoms with van der Waals surface area (Å²) in [5.41, 5.74) is -3.07. The first-order chi connectivity index (χ1) is 16.1. The highest BCUT2D eigenvalue weighted by Gasteiger charge is 2.65. The van der Waals surface area contributed by atoms with Crippen LogP contribution in [0.1, 0.15) is 25.3 Å². The number of hydrogen-bond donors (Lipinski definition) is 3. The molecule has 2 aromatic rings. The third kappa shape index (κ3) is 5.16. The zero-order valence-electron chi connectivity index (χ0n) is 18.5. The Morgan fingerprint density at radius 3 is 2.49 bits per heavy atom. The molecule has 9 nitrogen and oxygen atoms in total. The molecule has 4 atom stereocenters. The summed E-state index contributed by atoms with van der Waals surface area (Å²) in [5, 5.41) is 7.20. The van der Waals surface area contributed by atoms with Crippen LogP contribution in [-0.4, -0.2) is 44.3 Å². The highest BCUT2D eigenvalue weighted by atomic mass is 32.2. The molecule has 0 aliphatic carbocycles. The third-order valence-corrected chi connectivity index (χ3v) is 6.34. The van der Waals surface area contributed by atoms with Crippen LogP contribution >= 0.6 is 0 Å². The van der Waals surface area contributed by atoms with Crippen molar-refractivity contribution in [1.82, 2.24) is 4.98 Å². The van der Waals surface area contributed by atoms with Crippen LogP contribution in [0.15, 0.2) is 30.5 Å². The van der Waals surface area contributed by atoms with Gasteiger partial charge in [0, 0.05) is 35.3 Å². The maximum atomic E-state index is 14.4. The van der Waals surface area contributed by atoms with E-state index in [1.807, 2.05) is 4.72 Å². The molecule has 4 N–H and O–H groups in total. The van der Waals surface area contributed by atoms with Crippen molar-refractivity contribution in [2.45, 2.75) is 37.6 Å². The lowest BCUT2D eigenvalue weighted by Gasteiger charge is -2.32. The van der Waals surface area contributed by atoms with E-state index in [1.165, 1.54) is 13.0 Å². The highest BCUT2D eigenvalue weighted by molar-refractivity contribution is 7.90. The van der Waals surface area contributed by atoms with Crippen molar-refractivity contribution in [2.24, 2.45) is 11.1 Å². The van der Waals surface area contributed by atoms with Crippen LogP contribution in [-0.2, 0) is 19.7 Å². The number of carbonyl (C=O) groups excluding carboxylic acids is 1. The van der Waals surface area contributed by atoms with Gasteiger partial charge in [0.05, 0.1) is 7.11 Å². The van der Waals surface area contributed by atoms with E-state index in [0.29, 0.717) is 6.07 Å². The van der Waals surface area contributed by atoms with E-state index in [2.05, 4.69) is 10.3 Å². The molecule has 1 fully saturated rings. The predicted molar refractivity (Wildman–Crippen MR) is 114 cm³/mol. The van der Waals surface area contributed by atoms with Crippen molar-refractivity contribution < 1.29 is 44.6 Å². The van der Waals surface area contributed by atoms with Gasteiger partial charge in [-0.25, -0.2) is 14.5 Å². The number of ether oxygens (including phenoxy) is 2. The largest absolute Gasteiger partial charge is 0.493 e. The average molecular weight is 524 g/mol. The number of carbonyl (C=O) groups is 1. The molecule has 1 aliphatic heterocycles. The minimum Gasteiger partial charge on any atom is -0.493 e. The molecule has 0 radical (unpaired) electrons. The van der Waals surface area contributed by atoms with E-state index in [9.17, 15) is 35.2 Å². The molecule has 2 heterocycles. The summed E-state index contributed by atoms with van der Waals surface area (Å²) in [4.78, 5) is 16.8. The molecule has 1 amide bonds. The summed E-state index contributed by atoms with van der Waals surface area (Å²) in [6.07, 6.45) is -5.63. The van der Waals surface area contributed by atoms with E-state index in [-0.39, 0.29) is 17.1 Å². The molecule has 0 unspecified atom stereocenters. The van der Waals surface area contributed by atoms with E-state index >= 15 is 0 Å². The monoisotopic (exact) mass is 524 g/mol. The van der Waals surface area contributed by atoms with Crippen molar-refractivity contribution in [1.29, 1.82) is 0 Å². The number of pyridine rings is 1. The Bertz CT molecular complexity index is 1240. The number of methoxy groups -OCH3 is 1. The minimum absolute atomic E-state index is 0.0518. The average Bonchev–Trinajstić information content (AvgIpc) is 3.01. The summed E-state index contributed by atoms with van der Waals surface area (Å²) >= 11 is 0. The van der Waals surface area contributed by atoms with E-state index in [1.54, 1.807) is 0 Å². The Morgan fingerprint density at radius 2 is 1.91 bits per heavy atom. The van der Waals surface area contributed by atoms with Crippen LogP contribution in [0.25, 0.3) is 0 Å². The third-order valence-electron chi connectivity index (χ3n) is 5.84. The fourth-order valence-electron chi connectivity index (χ4n) is 3.96. The Hall–Kier alpha value is -3.04. The fourth-order valence-corrected chi connectivity index (χ4v) is 4.37. The van der Waals surface area contributed by atoms with Gasteiger partial charge in [-0.2, -0.15) is 26.0 Å². The second kappa shape index (κ2) is 9.20. The van der Waals surface area contributed by atoms with Crippen LogP contribution in [0.5, 0.6) is 5.75 Å². The van der Waals surface area contributed by atoms with E-state index < -0.39 is 63.2 Å². The molecule has 1 saturated heterocycles. The number of benzene rings is 1. The minimum atomic E-state index is -4.92. The number of halogens is 5. The SMILES string of the molecule is COc1c([C@H]2[C@H](C(=O)Nc3ccnc(NS(N)(=O)=O)c3)O[C@@](C)(C(F)(F)F)[C@H]2C)ccc(F)c1F. The standard InChI is InChI=1S/C20H21F5N4O5S/c1-9-14(11-4-5-12(21)15(22)16(11)33-3)17(34-19(9,2)20(23,24)25)18(30)28-10-6-7-27-13(8-10)29-35(26,31)32/h4-9,14,17H,1-3H3,(H2,26,31,32)(H2,27,28,29,30)/t9-,14-,17+,19+/m0/s1. The topological polar surface area (TPSA) is 133 Å². The Kier molecular flexibility index (Phi) is 6.98.